The van der Waals surface area contributed by atoms with Crippen LogP contribution in [0.25, 0.3) is 10.8 Å². The summed E-state index contributed by atoms with van der Waals surface area (Å²) in [5, 5.41) is 12.7. The minimum Gasteiger partial charge on any atom is -0.496 e. The number of rotatable bonds is 12. The Balaban J connectivity index is 1.20. The van der Waals surface area contributed by atoms with Gasteiger partial charge in [-0.15, -0.1) is 5.06 Å². The van der Waals surface area contributed by atoms with Gasteiger partial charge in [-0.25, -0.2) is 4.79 Å². The smallest absolute Gasteiger partial charge is 0.496 e. The molecule has 41 heavy (non-hydrogen) atoms. The number of ether oxygens (including phenoxy) is 5. The summed E-state index contributed by atoms with van der Waals surface area (Å²) in [4.78, 5) is 16.2. The van der Waals surface area contributed by atoms with E-state index in [9.17, 15) is 4.79 Å². The molecule has 3 aromatic carbocycles. The van der Waals surface area contributed by atoms with E-state index < -0.39 is 6.16 Å². The van der Waals surface area contributed by atoms with E-state index in [1.807, 2.05) is 36.4 Å². The van der Waals surface area contributed by atoms with Crippen LogP contribution in [-0.2, 0) is 25.7 Å². The first kappa shape index (κ1) is 29.1. The Morgan fingerprint density at radius 3 is 2.63 bits per heavy atom. The average Bonchev–Trinajstić information content (AvgIpc) is 3.00. The van der Waals surface area contributed by atoms with Gasteiger partial charge in [-0.1, -0.05) is 48.5 Å². The highest BCUT2D eigenvalue weighted by molar-refractivity contribution is 5.89. The molecule has 9 heteroatoms. The standard InChI is InChI=1S/C32H39NO8/c1-36-31-25(11-10-23-7-2-3-8-28(23)31)22-40-29-21-33(41-32(34)35)17-16-27(29)24-12-14-26(15-13-24)37-19-6-20-39-30-9-4-5-18-38-30/h2-3,7-8,10-15,27,29-30H,4-6,9,16-22H2,1H3,(H,34,35). The number of hydrogen-bond acceptors (Lipinski definition) is 8. The minimum absolute atomic E-state index is 0.0630. The first-order valence-electron chi connectivity index (χ1n) is 14.4. The summed E-state index contributed by atoms with van der Waals surface area (Å²) in [6.07, 6.45) is 3.02. The van der Waals surface area contributed by atoms with Crippen molar-refractivity contribution >= 4 is 16.9 Å². The highest BCUT2D eigenvalue weighted by Gasteiger charge is 2.33. The molecule has 9 nitrogen and oxygen atoms in total. The van der Waals surface area contributed by atoms with Crippen molar-refractivity contribution in [2.75, 3.05) is 40.0 Å². The molecule has 0 bridgehead atoms. The van der Waals surface area contributed by atoms with Crippen LogP contribution < -0.4 is 9.47 Å². The van der Waals surface area contributed by atoms with E-state index in [4.69, 9.17) is 33.6 Å². The fraction of sp³-hybridized carbons (Fsp3) is 0.469. The van der Waals surface area contributed by atoms with Crippen molar-refractivity contribution in [1.82, 2.24) is 5.06 Å². The van der Waals surface area contributed by atoms with Crippen LogP contribution in [-0.4, -0.2) is 68.7 Å². The number of benzene rings is 3. The van der Waals surface area contributed by atoms with Crippen molar-refractivity contribution < 1.29 is 38.4 Å². The molecule has 2 saturated heterocycles. The largest absolute Gasteiger partial charge is 0.525 e. The summed E-state index contributed by atoms with van der Waals surface area (Å²) in [5.41, 5.74) is 2.05. The summed E-state index contributed by atoms with van der Waals surface area (Å²) < 4.78 is 29.5. The molecule has 0 aliphatic carbocycles. The summed E-state index contributed by atoms with van der Waals surface area (Å²) in [5.74, 6) is 1.65. The van der Waals surface area contributed by atoms with Crippen molar-refractivity contribution in [3.05, 3.63) is 71.8 Å². The van der Waals surface area contributed by atoms with Gasteiger partial charge in [-0.2, -0.15) is 0 Å². The van der Waals surface area contributed by atoms with E-state index in [1.165, 1.54) is 5.06 Å². The van der Waals surface area contributed by atoms with Crippen LogP contribution in [0.1, 0.15) is 49.1 Å². The van der Waals surface area contributed by atoms with Gasteiger partial charge in [0.25, 0.3) is 0 Å². The van der Waals surface area contributed by atoms with Gasteiger partial charge in [-0.3, -0.25) is 0 Å². The van der Waals surface area contributed by atoms with Gasteiger partial charge in [0.15, 0.2) is 6.29 Å². The second-order valence-electron chi connectivity index (χ2n) is 10.4. The normalized spacial score (nSPS) is 21.4. The summed E-state index contributed by atoms with van der Waals surface area (Å²) in [6.45, 7) is 3.10. The van der Waals surface area contributed by atoms with Crippen molar-refractivity contribution in [2.24, 2.45) is 0 Å². The number of carboxylic acid groups (broad SMARTS) is 1. The van der Waals surface area contributed by atoms with Crippen LogP contribution in [0, 0.1) is 0 Å². The highest BCUT2D eigenvalue weighted by atomic mass is 16.8. The van der Waals surface area contributed by atoms with Gasteiger partial charge >= 0.3 is 6.16 Å². The zero-order chi connectivity index (χ0) is 28.4. The molecule has 0 radical (unpaired) electrons. The summed E-state index contributed by atoms with van der Waals surface area (Å²) >= 11 is 0. The topological polar surface area (TPSA) is 95.9 Å². The molecule has 3 aromatic rings. The second-order valence-corrected chi connectivity index (χ2v) is 10.4. The van der Waals surface area contributed by atoms with Crippen LogP contribution in [0.5, 0.6) is 11.5 Å². The third kappa shape index (κ3) is 7.89. The molecule has 0 aromatic heterocycles. The van der Waals surface area contributed by atoms with Gasteiger partial charge in [-0.05, 0) is 48.8 Å². The van der Waals surface area contributed by atoms with E-state index >= 15 is 0 Å². The number of carbonyl (C=O) groups is 1. The lowest BCUT2D eigenvalue weighted by Gasteiger charge is -2.37. The number of piperidine rings is 1. The molecule has 2 aliphatic heterocycles. The van der Waals surface area contributed by atoms with Crippen molar-refractivity contribution in [2.45, 2.75) is 57.0 Å². The Hall–Kier alpha value is -3.37. The number of methoxy groups -OCH3 is 1. The monoisotopic (exact) mass is 565 g/mol. The van der Waals surface area contributed by atoms with E-state index in [2.05, 4.69) is 24.3 Å². The van der Waals surface area contributed by atoms with E-state index in [1.54, 1.807) is 7.11 Å². The predicted molar refractivity (Wildman–Crippen MR) is 153 cm³/mol. The first-order chi connectivity index (χ1) is 20.1. The molecule has 220 valence electrons. The predicted octanol–water partition coefficient (Wildman–Crippen LogP) is 6.14. The molecule has 3 unspecified atom stereocenters. The van der Waals surface area contributed by atoms with Crippen LogP contribution in [0.3, 0.4) is 0 Å². The third-order valence-corrected chi connectivity index (χ3v) is 7.65. The van der Waals surface area contributed by atoms with Crippen molar-refractivity contribution in [1.29, 1.82) is 0 Å². The molecule has 2 heterocycles. The highest BCUT2D eigenvalue weighted by Crippen LogP contribution is 2.35. The quantitative estimate of drug-likeness (QED) is 0.260. The van der Waals surface area contributed by atoms with Crippen LogP contribution >= 0.6 is 0 Å². The maximum absolute atomic E-state index is 11.2. The Labute approximate surface area is 240 Å². The Morgan fingerprint density at radius 1 is 1.00 bits per heavy atom. The SMILES string of the molecule is COc1c(COC2CN(OC(=O)O)CCC2c2ccc(OCCCOC3CCCCO3)cc2)ccc2ccccc12. The van der Waals surface area contributed by atoms with E-state index in [0.717, 1.165) is 65.7 Å². The second kappa shape index (κ2) is 14.5. The van der Waals surface area contributed by atoms with Crippen LogP contribution in [0.4, 0.5) is 4.79 Å². The maximum Gasteiger partial charge on any atom is 0.525 e. The zero-order valence-corrected chi connectivity index (χ0v) is 23.5. The van der Waals surface area contributed by atoms with Crippen LogP contribution in [0.2, 0.25) is 0 Å². The Bertz CT molecular complexity index is 1260. The van der Waals surface area contributed by atoms with Gasteiger partial charge < -0.3 is 33.6 Å². The van der Waals surface area contributed by atoms with E-state index in [-0.39, 0.29) is 18.3 Å². The van der Waals surface area contributed by atoms with Gasteiger partial charge in [0, 0.05) is 36.4 Å². The number of hydrogen-bond donors (Lipinski definition) is 1. The molecular formula is C32H39NO8. The van der Waals surface area contributed by atoms with Crippen LogP contribution in [0.15, 0.2) is 60.7 Å². The number of fused-ring (bicyclic) bond motifs is 1. The minimum atomic E-state index is -1.32. The third-order valence-electron chi connectivity index (χ3n) is 7.65. The molecule has 2 fully saturated rings. The number of nitrogens with zero attached hydrogens (tertiary/aromatic N) is 1. The maximum atomic E-state index is 11.2. The fourth-order valence-corrected chi connectivity index (χ4v) is 5.59. The first-order valence-corrected chi connectivity index (χ1v) is 14.4. The van der Waals surface area contributed by atoms with Gasteiger partial charge in [0.05, 0.1) is 39.6 Å². The van der Waals surface area contributed by atoms with Gasteiger partial charge in [0.1, 0.15) is 11.5 Å². The Morgan fingerprint density at radius 2 is 1.85 bits per heavy atom. The molecule has 3 atom stereocenters. The lowest BCUT2D eigenvalue weighted by atomic mass is 9.87. The molecule has 1 N–H and O–H groups in total. The summed E-state index contributed by atoms with van der Waals surface area (Å²) in [7, 11) is 1.67. The fourth-order valence-electron chi connectivity index (χ4n) is 5.59. The molecule has 2 aliphatic rings. The van der Waals surface area contributed by atoms with Crippen molar-refractivity contribution in [3.63, 3.8) is 0 Å². The molecular weight excluding hydrogens is 526 g/mol. The summed E-state index contributed by atoms with van der Waals surface area (Å²) in [6, 6.07) is 20.2. The zero-order valence-electron chi connectivity index (χ0n) is 23.5. The average molecular weight is 566 g/mol. The lowest BCUT2D eigenvalue weighted by Crippen LogP contribution is -2.44. The van der Waals surface area contributed by atoms with Gasteiger partial charge in [0.2, 0.25) is 0 Å². The molecule has 5 rings (SSSR count). The molecule has 0 spiro atoms. The lowest BCUT2D eigenvalue weighted by molar-refractivity contribution is -0.166. The van der Waals surface area contributed by atoms with E-state index in [0.29, 0.717) is 39.3 Å². The molecule has 0 amide bonds. The Kier molecular flexibility index (Phi) is 10.3. The van der Waals surface area contributed by atoms with Crippen molar-refractivity contribution in [3.8, 4) is 11.5 Å². The molecule has 0 saturated carbocycles. The number of hydroxylamine groups is 2.